The molecule has 1 aromatic heterocycles. The van der Waals surface area contributed by atoms with Gasteiger partial charge in [-0.05, 0) is 94.3 Å². The summed E-state index contributed by atoms with van der Waals surface area (Å²) in [5.74, 6) is -0.279. The van der Waals surface area contributed by atoms with Gasteiger partial charge < -0.3 is 20.0 Å². The highest BCUT2D eigenvalue weighted by molar-refractivity contribution is 7.20. The van der Waals surface area contributed by atoms with Gasteiger partial charge in [-0.2, -0.15) is 0 Å². The van der Waals surface area contributed by atoms with Crippen LogP contribution in [0.5, 0.6) is 0 Å². The van der Waals surface area contributed by atoms with Gasteiger partial charge in [-0.15, -0.1) is 24.5 Å². The molecule has 5 aliphatic rings. The zero-order chi connectivity index (χ0) is 34.8. The van der Waals surface area contributed by atoms with Gasteiger partial charge in [0.05, 0.1) is 11.0 Å². The highest BCUT2D eigenvalue weighted by Gasteiger charge is 2.58. The van der Waals surface area contributed by atoms with Crippen LogP contribution in [0.25, 0.3) is 10.1 Å². The first-order valence-corrected chi connectivity index (χ1v) is 18.7. The second-order valence-electron chi connectivity index (χ2n) is 15.1. The molecule has 0 radical (unpaired) electrons. The second-order valence-corrected chi connectivity index (χ2v) is 16.2. The molecule has 3 aromatic rings. The first-order valence-electron chi connectivity index (χ1n) is 17.9. The summed E-state index contributed by atoms with van der Waals surface area (Å²) in [6.07, 6.45) is 0.718. The highest BCUT2D eigenvalue weighted by atomic mass is 32.1. The summed E-state index contributed by atoms with van der Waals surface area (Å²) in [6, 6.07) is 18.2. The molecule has 3 saturated heterocycles. The number of carbonyl (C=O) groups excluding carboxylic acids is 3. The third-order valence-electron chi connectivity index (χ3n) is 12.1. The van der Waals surface area contributed by atoms with Crippen molar-refractivity contribution in [2.45, 2.75) is 118 Å². The lowest BCUT2D eigenvalue weighted by Gasteiger charge is -2.47. The number of fused-ring (bicyclic) bond motifs is 2. The number of ether oxygens (including phenoxy) is 1. The number of halogens is 3. The fraction of sp³-hybridized carbons (Fsp3) is 0.553. The Morgan fingerprint density at radius 3 is 2.42 bits per heavy atom. The summed E-state index contributed by atoms with van der Waals surface area (Å²) in [5.41, 5.74) is 1.08. The van der Waals surface area contributed by atoms with E-state index in [-0.39, 0.29) is 60.1 Å². The number of carbonyl (C=O) groups is 3. The third-order valence-corrected chi connectivity index (χ3v) is 13.2. The molecule has 1 N–H and O–H groups in total. The van der Waals surface area contributed by atoms with E-state index in [0.717, 1.165) is 29.3 Å². The maximum Gasteiger partial charge on any atom is 0.522 e. The van der Waals surface area contributed by atoms with Crippen molar-refractivity contribution in [3.8, 4) is 0 Å². The summed E-state index contributed by atoms with van der Waals surface area (Å²) in [5, 5.41) is 4.01. The normalized spacial score (nSPS) is 30.7. The van der Waals surface area contributed by atoms with Crippen LogP contribution < -0.4 is 5.32 Å². The number of amides is 3. The van der Waals surface area contributed by atoms with Crippen LogP contribution in [0.1, 0.15) is 85.4 Å². The number of nitrogens with zero attached hydrogens (tertiary/aromatic N) is 3. The largest absolute Gasteiger partial charge is 0.522 e. The van der Waals surface area contributed by atoms with Crippen LogP contribution in [-0.2, 0) is 14.3 Å². The predicted molar refractivity (Wildman–Crippen MR) is 184 cm³/mol. The van der Waals surface area contributed by atoms with E-state index in [1.54, 1.807) is 4.90 Å². The fourth-order valence-electron chi connectivity index (χ4n) is 9.18. The molecule has 3 amide bonds. The Labute approximate surface area is 293 Å². The van der Waals surface area contributed by atoms with Gasteiger partial charge in [-0.25, -0.2) is 0 Å². The molecule has 5 atom stereocenters. The van der Waals surface area contributed by atoms with Crippen molar-refractivity contribution in [1.29, 1.82) is 0 Å². The molecular formula is C38H43F3N4O4S. The standard InChI is InChI=1S/C38H43F3N4O4S/c1-43(28-19-29(20-28)49-38(39,40)41)26-11-13-30(42-34(46)33-17-24-9-5-6-10-32(24)50-33)35(47)45-27(18-26)12-14-31(45)36(48)44-22-25(21-37(44)15-16-37)23-7-3-2-4-8-23/h2-10,17,25-31H,11-16,18-22H2,1H3,(H,42,46)/t25-,26+,27-,28?,29?,30+,31+/m1/s1. The number of hydrogen-bond acceptors (Lipinski definition) is 6. The van der Waals surface area contributed by atoms with Gasteiger partial charge in [-0.1, -0.05) is 48.5 Å². The number of hydrogen-bond donors (Lipinski definition) is 1. The summed E-state index contributed by atoms with van der Waals surface area (Å²) in [7, 11) is 1.94. The minimum atomic E-state index is -4.66. The topological polar surface area (TPSA) is 82.2 Å². The lowest BCUT2D eigenvalue weighted by molar-refractivity contribution is -0.354. The minimum absolute atomic E-state index is 0.00276. The molecule has 2 aliphatic carbocycles. The Balaban J connectivity index is 1.04. The molecule has 8 rings (SSSR count). The summed E-state index contributed by atoms with van der Waals surface area (Å²) >= 11 is 1.38. The molecule has 8 nitrogen and oxygen atoms in total. The molecule has 266 valence electrons. The Hall–Kier alpha value is -3.48. The number of alkyl halides is 3. The highest BCUT2D eigenvalue weighted by Crippen LogP contribution is 2.54. The monoisotopic (exact) mass is 708 g/mol. The molecule has 3 aliphatic heterocycles. The number of thiophene rings is 1. The van der Waals surface area contributed by atoms with E-state index < -0.39 is 24.6 Å². The molecule has 2 aromatic carbocycles. The van der Waals surface area contributed by atoms with Crippen LogP contribution in [-0.4, -0.2) is 94.2 Å². The molecule has 0 unspecified atom stereocenters. The summed E-state index contributed by atoms with van der Waals surface area (Å²) < 4.78 is 43.8. The lowest BCUT2D eigenvalue weighted by atomic mass is 9.85. The SMILES string of the molecule is CN(C1CC(OC(F)(F)F)C1)[C@H]1CC[C@H](NC(=O)c2cc3ccccc3s2)C(=O)N2[C@H](CC[C@H]2C(=O)N2C[C@H](c3ccccc3)CC23CC3)C1. The van der Waals surface area contributed by atoms with Crippen molar-refractivity contribution < 1.29 is 32.3 Å². The van der Waals surface area contributed by atoms with E-state index in [1.165, 1.54) is 16.9 Å². The van der Waals surface area contributed by atoms with Gasteiger partial charge in [0.2, 0.25) is 11.8 Å². The quantitative estimate of drug-likeness (QED) is 0.305. The molecule has 4 heterocycles. The van der Waals surface area contributed by atoms with E-state index in [9.17, 15) is 27.6 Å². The maximum atomic E-state index is 14.6. The van der Waals surface area contributed by atoms with Crippen molar-refractivity contribution in [3.05, 3.63) is 71.1 Å². The van der Waals surface area contributed by atoms with Crippen LogP contribution in [0.3, 0.4) is 0 Å². The van der Waals surface area contributed by atoms with Crippen LogP contribution in [0.4, 0.5) is 13.2 Å². The Kier molecular flexibility index (Phi) is 8.71. The third kappa shape index (κ3) is 6.43. The smallest absolute Gasteiger partial charge is 0.340 e. The zero-order valence-electron chi connectivity index (χ0n) is 28.1. The van der Waals surface area contributed by atoms with Crippen LogP contribution >= 0.6 is 11.3 Å². The van der Waals surface area contributed by atoms with Gasteiger partial charge in [0.15, 0.2) is 0 Å². The summed E-state index contributed by atoms with van der Waals surface area (Å²) in [6.45, 7) is 0.631. The van der Waals surface area contributed by atoms with Gasteiger partial charge in [0.25, 0.3) is 5.91 Å². The number of nitrogens with one attached hydrogen (secondary N) is 1. The average Bonchev–Trinajstić information content (AvgIpc) is 3.38. The van der Waals surface area contributed by atoms with E-state index >= 15 is 0 Å². The number of rotatable bonds is 7. The van der Waals surface area contributed by atoms with Crippen molar-refractivity contribution >= 4 is 39.1 Å². The van der Waals surface area contributed by atoms with Crippen molar-refractivity contribution in [3.63, 3.8) is 0 Å². The van der Waals surface area contributed by atoms with E-state index in [0.29, 0.717) is 43.5 Å². The Bertz CT molecular complexity index is 1720. The Morgan fingerprint density at radius 2 is 1.70 bits per heavy atom. The lowest BCUT2D eigenvalue weighted by Crippen LogP contribution is -2.60. The predicted octanol–water partition coefficient (Wildman–Crippen LogP) is 6.46. The van der Waals surface area contributed by atoms with E-state index in [2.05, 4.69) is 32.0 Å². The molecule has 1 spiro atoms. The number of benzene rings is 2. The first kappa shape index (κ1) is 33.7. The van der Waals surface area contributed by atoms with Crippen molar-refractivity contribution in [2.24, 2.45) is 0 Å². The fourth-order valence-corrected chi connectivity index (χ4v) is 10.1. The van der Waals surface area contributed by atoms with Crippen molar-refractivity contribution in [1.82, 2.24) is 20.0 Å². The van der Waals surface area contributed by atoms with Crippen LogP contribution in [0.15, 0.2) is 60.7 Å². The number of likely N-dealkylation sites (tertiary alicyclic amines) is 1. The molecular weight excluding hydrogens is 666 g/mol. The average molecular weight is 709 g/mol. The van der Waals surface area contributed by atoms with Crippen molar-refractivity contribution in [2.75, 3.05) is 13.6 Å². The Morgan fingerprint density at radius 1 is 0.960 bits per heavy atom. The van der Waals surface area contributed by atoms with E-state index in [1.807, 2.05) is 55.6 Å². The van der Waals surface area contributed by atoms with Gasteiger partial charge in [-0.3, -0.25) is 19.1 Å². The summed E-state index contributed by atoms with van der Waals surface area (Å²) in [4.78, 5) is 49.4. The maximum absolute atomic E-state index is 14.6. The minimum Gasteiger partial charge on any atom is -0.340 e. The molecule has 50 heavy (non-hydrogen) atoms. The zero-order valence-corrected chi connectivity index (χ0v) is 28.9. The van der Waals surface area contributed by atoms with Crippen LogP contribution in [0.2, 0.25) is 0 Å². The van der Waals surface area contributed by atoms with Gasteiger partial charge in [0, 0.05) is 40.8 Å². The van der Waals surface area contributed by atoms with Crippen LogP contribution in [0, 0.1) is 0 Å². The van der Waals surface area contributed by atoms with Gasteiger partial charge in [0.1, 0.15) is 12.1 Å². The van der Waals surface area contributed by atoms with Gasteiger partial charge >= 0.3 is 6.36 Å². The molecule has 0 bridgehead atoms. The van der Waals surface area contributed by atoms with E-state index in [4.69, 9.17) is 0 Å². The first-order chi connectivity index (χ1) is 24.0. The molecule has 2 saturated carbocycles. The molecule has 5 fully saturated rings. The second kappa shape index (κ2) is 12.9. The molecule has 12 heteroatoms.